The van der Waals surface area contributed by atoms with Crippen LogP contribution in [0.5, 0.6) is 0 Å². The molecule has 0 saturated carbocycles. The summed E-state index contributed by atoms with van der Waals surface area (Å²) in [7, 11) is 0. The molecule has 1 saturated heterocycles. The van der Waals surface area contributed by atoms with Crippen molar-refractivity contribution >= 4 is 11.8 Å². The Bertz CT molecular complexity index is 1330. The molecule has 2 aromatic carbocycles. The molecule has 186 valence electrons. The van der Waals surface area contributed by atoms with E-state index >= 15 is 0 Å². The van der Waals surface area contributed by atoms with Crippen molar-refractivity contribution < 1.29 is 23.5 Å². The number of rotatable bonds is 6. The summed E-state index contributed by atoms with van der Waals surface area (Å²) in [6.07, 6.45) is 0.927. The zero-order valence-electron chi connectivity index (χ0n) is 20.0. The highest BCUT2D eigenvalue weighted by molar-refractivity contribution is 5.99. The number of carbonyl (C=O) groups is 2. The molecule has 2 aliphatic rings. The molecule has 0 spiro atoms. The number of nitrogens with zero attached hydrogens (tertiary/aromatic N) is 3. The maximum absolute atomic E-state index is 14.4. The second-order valence-electron chi connectivity index (χ2n) is 9.93. The summed E-state index contributed by atoms with van der Waals surface area (Å²) in [5.41, 5.74) is 1.54. The van der Waals surface area contributed by atoms with Crippen LogP contribution < -0.4 is 5.32 Å². The number of benzene rings is 2. The minimum absolute atomic E-state index is 0.00766. The number of hydrogen-bond donors (Lipinski definition) is 2. The first-order valence-electron chi connectivity index (χ1n) is 11.8. The van der Waals surface area contributed by atoms with E-state index in [2.05, 4.69) is 15.3 Å². The highest BCUT2D eigenvalue weighted by Crippen LogP contribution is 2.31. The second kappa shape index (κ2) is 9.05. The number of aliphatic hydroxyl groups is 1. The molecule has 7 nitrogen and oxygen atoms in total. The lowest BCUT2D eigenvalue weighted by atomic mass is 9.95. The summed E-state index contributed by atoms with van der Waals surface area (Å²) in [5, 5.41) is 12.8. The number of amides is 2. The number of nitrogens with one attached hydrogen (secondary N) is 1. The van der Waals surface area contributed by atoms with Gasteiger partial charge in [-0.25, -0.2) is 18.7 Å². The monoisotopic (exact) mass is 492 g/mol. The molecule has 2 aliphatic heterocycles. The molecule has 0 bridgehead atoms. The molecule has 2 amide bonds. The number of fused-ring (bicyclic) bond motifs is 1. The van der Waals surface area contributed by atoms with Crippen LogP contribution in [0.1, 0.15) is 59.1 Å². The van der Waals surface area contributed by atoms with Gasteiger partial charge in [-0.05, 0) is 43.5 Å². The first-order chi connectivity index (χ1) is 17.1. The van der Waals surface area contributed by atoms with E-state index in [0.717, 1.165) is 23.3 Å². The highest BCUT2D eigenvalue weighted by atomic mass is 19.1. The number of hydrogen-bond acceptors (Lipinski definition) is 5. The highest BCUT2D eigenvalue weighted by Gasteiger charge is 2.35. The summed E-state index contributed by atoms with van der Waals surface area (Å²) in [5.74, 6) is -2.25. The van der Waals surface area contributed by atoms with Gasteiger partial charge in [0.05, 0.1) is 40.6 Å². The number of likely N-dealkylation sites (tertiary alicyclic amines) is 1. The average molecular weight is 493 g/mol. The molecule has 0 aliphatic carbocycles. The summed E-state index contributed by atoms with van der Waals surface area (Å²) in [4.78, 5) is 35.7. The Morgan fingerprint density at radius 1 is 1.06 bits per heavy atom. The number of carbonyl (C=O) groups excluding carboxylic acids is 2. The van der Waals surface area contributed by atoms with Crippen molar-refractivity contribution in [1.29, 1.82) is 0 Å². The molecule has 3 aromatic rings. The van der Waals surface area contributed by atoms with Gasteiger partial charge >= 0.3 is 0 Å². The Labute approximate surface area is 207 Å². The topological polar surface area (TPSA) is 95.4 Å². The van der Waals surface area contributed by atoms with Crippen LogP contribution in [0.4, 0.5) is 8.78 Å². The van der Waals surface area contributed by atoms with Gasteiger partial charge in [-0.1, -0.05) is 30.3 Å². The normalized spacial score (nSPS) is 17.5. The molecule has 36 heavy (non-hydrogen) atoms. The third kappa shape index (κ3) is 4.58. The fraction of sp³-hybridized carbons (Fsp3) is 0.333. The first kappa shape index (κ1) is 24.0. The van der Waals surface area contributed by atoms with Crippen molar-refractivity contribution in [3.05, 3.63) is 82.2 Å². The van der Waals surface area contributed by atoms with Gasteiger partial charge in [0.25, 0.3) is 5.91 Å². The SMILES string of the molecule is CC(C)(O)CN1CCC(c2ccc(Cc3nc(-c4c(F)cccc4F)nc4c3C(=O)NC4)cc2)C1=O. The predicted octanol–water partition coefficient (Wildman–Crippen LogP) is 3.34. The molecule has 1 aromatic heterocycles. The first-order valence-corrected chi connectivity index (χ1v) is 11.8. The van der Waals surface area contributed by atoms with Gasteiger partial charge in [-0.2, -0.15) is 0 Å². The standard InChI is InChI=1S/C27H26F2N4O3/c1-27(2,36)14-33-11-10-17(26(33)35)16-8-6-15(7-9-16)12-20-23-21(13-30-25(23)34)32-24(31-20)22-18(28)4-3-5-19(22)29/h3-9,17,36H,10-14H2,1-2H3,(H,30,34). The van der Waals surface area contributed by atoms with E-state index < -0.39 is 17.2 Å². The van der Waals surface area contributed by atoms with Gasteiger partial charge < -0.3 is 15.3 Å². The largest absolute Gasteiger partial charge is 0.389 e. The van der Waals surface area contributed by atoms with Gasteiger partial charge in [0, 0.05) is 19.5 Å². The van der Waals surface area contributed by atoms with E-state index in [1.165, 1.54) is 6.07 Å². The van der Waals surface area contributed by atoms with Gasteiger partial charge in [-0.15, -0.1) is 0 Å². The quantitative estimate of drug-likeness (QED) is 0.550. The molecular formula is C27H26F2N4O3. The average Bonchev–Trinajstić information content (AvgIpc) is 3.36. The van der Waals surface area contributed by atoms with Crippen molar-refractivity contribution in [2.24, 2.45) is 0 Å². The van der Waals surface area contributed by atoms with Crippen LogP contribution in [0.3, 0.4) is 0 Å². The van der Waals surface area contributed by atoms with Gasteiger partial charge in [0.15, 0.2) is 5.82 Å². The summed E-state index contributed by atoms with van der Waals surface area (Å²) < 4.78 is 28.8. The van der Waals surface area contributed by atoms with Crippen LogP contribution in [0, 0.1) is 11.6 Å². The van der Waals surface area contributed by atoms with Crippen molar-refractivity contribution in [2.75, 3.05) is 13.1 Å². The Morgan fingerprint density at radius 2 is 1.75 bits per heavy atom. The number of aromatic nitrogens is 2. The molecular weight excluding hydrogens is 466 g/mol. The van der Waals surface area contributed by atoms with Crippen LogP contribution in [-0.4, -0.2) is 50.5 Å². The molecule has 9 heteroatoms. The predicted molar refractivity (Wildman–Crippen MR) is 128 cm³/mol. The Balaban J connectivity index is 1.42. The third-order valence-corrected chi connectivity index (χ3v) is 6.52. The van der Waals surface area contributed by atoms with Gasteiger partial charge in [0.2, 0.25) is 5.91 Å². The van der Waals surface area contributed by atoms with Crippen molar-refractivity contribution in [1.82, 2.24) is 20.2 Å². The van der Waals surface area contributed by atoms with Crippen molar-refractivity contribution in [2.45, 2.75) is 44.8 Å². The van der Waals surface area contributed by atoms with Crippen LogP contribution in [0.25, 0.3) is 11.4 Å². The molecule has 1 unspecified atom stereocenters. The molecule has 2 N–H and O–H groups in total. The van der Waals surface area contributed by atoms with E-state index in [-0.39, 0.29) is 48.6 Å². The van der Waals surface area contributed by atoms with Crippen molar-refractivity contribution in [3.63, 3.8) is 0 Å². The van der Waals surface area contributed by atoms with E-state index in [0.29, 0.717) is 29.9 Å². The lowest BCUT2D eigenvalue weighted by Gasteiger charge is -2.25. The zero-order chi connectivity index (χ0) is 25.6. The smallest absolute Gasteiger partial charge is 0.255 e. The summed E-state index contributed by atoms with van der Waals surface area (Å²) in [6, 6.07) is 11.1. The van der Waals surface area contributed by atoms with E-state index in [4.69, 9.17) is 0 Å². The molecule has 1 fully saturated rings. The van der Waals surface area contributed by atoms with Gasteiger partial charge in [-0.3, -0.25) is 9.59 Å². The Morgan fingerprint density at radius 3 is 2.42 bits per heavy atom. The van der Waals surface area contributed by atoms with E-state index in [9.17, 15) is 23.5 Å². The third-order valence-electron chi connectivity index (χ3n) is 6.52. The lowest BCUT2D eigenvalue weighted by Crippen LogP contribution is -2.39. The minimum atomic E-state index is -0.955. The van der Waals surface area contributed by atoms with Crippen molar-refractivity contribution in [3.8, 4) is 11.4 Å². The van der Waals surface area contributed by atoms with Gasteiger partial charge in [0.1, 0.15) is 11.6 Å². The lowest BCUT2D eigenvalue weighted by molar-refractivity contribution is -0.131. The fourth-order valence-electron chi connectivity index (χ4n) is 4.89. The van der Waals surface area contributed by atoms with E-state index in [1.807, 2.05) is 24.3 Å². The van der Waals surface area contributed by atoms with Crippen LogP contribution in [0.15, 0.2) is 42.5 Å². The second-order valence-corrected chi connectivity index (χ2v) is 9.93. The number of halogens is 2. The molecule has 1 atom stereocenters. The van der Waals surface area contributed by atoms with E-state index in [1.54, 1.807) is 18.7 Å². The number of β-amino-alcohol motifs (C(OH)–C–C–N with tert-alkyl or cyclic N) is 1. The maximum Gasteiger partial charge on any atom is 0.255 e. The van der Waals surface area contributed by atoms with Crippen LogP contribution in [0.2, 0.25) is 0 Å². The molecule has 0 radical (unpaired) electrons. The summed E-state index contributed by atoms with van der Waals surface area (Å²) in [6.45, 7) is 4.40. The van der Waals surface area contributed by atoms with Crippen LogP contribution >= 0.6 is 0 Å². The van der Waals surface area contributed by atoms with Crippen LogP contribution in [-0.2, 0) is 17.8 Å². The zero-order valence-corrected chi connectivity index (χ0v) is 20.0. The fourth-order valence-corrected chi connectivity index (χ4v) is 4.89. The summed E-state index contributed by atoms with van der Waals surface area (Å²) >= 11 is 0. The maximum atomic E-state index is 14.4. The minimum Gasteiger partial charge on any atom is -0.389 e. The Hall–Kier alpha value is -3.72. The molecule has 5 rings (SSSR count). The Kier molecular flexibility index (Phi) is 6.04. The molecule has 3 heterocycles.